The molecule has 1 fully saturated rings. The summed E-state index contributed by atoms with van der Waals surface area (Å²) < 4.78 is 72.3. The van der Waals surface area contributed by atoms with Crippen LogP contribution in [-0.4, -0.2) is 24.3 Å². The third-order valence-electron chi connectivity index (χ3n) is 4.38. The van der Waals surface area contributed by atoms with Crippen molar-refractivity contribution in [1.29, 1.82) is 0 Å². The third-order valence-corrected chi connectivity index (χ3v) is 4.38. The number of methoxy groups -OCH3 is 1. The van der Waals surface area contributed by atoms with Gasteiger partial charge < -0.3 is 9.53 Å². The SMILES string of the molecule is C=CCC(C=O)c1c(C(F)(F)F)nc(C(F)F)c(C(=O)OC)c1CC1CC1. The molecule has 1 aromatic heterocycles. The molecule has 0 spiro atoms. The summed E-state index contributed by atoms with van der Waals surface area (Å²) >= 11 is 0. The largest absolute Gasteiger partial charge is 0.465 e. The maximum atomic E-state index is 13.6. The summed E-state index contributed by atoms with van der Waals surface area (Å²) in [6, 6.07) is 0. The number of alkyl halides is 5. The average molecular weight is 391 g/mol. The minimum absolute atomic E-state index is 0.0351. The molecule has 4 nitrogen and oxygen atoms in total. The van der Waals surface area contributed by atoms with Crippen LogP contribution in [0.5, 0.6) is 0 Å². The van der Waals surface area contributed by atoms with Crippen LogP contribution in [0.3, 0.4) is 0 Å². The maximum Gasteiger partial charge on any atom is 0.433 e. The van der Waals surface area contributed by atoms with Crippen LogP contribution in [0.25, 0.3) is 0 Å². The van der Waals surface area contributed by atoms with Gasteiger partial charge in [0.05, 0.1) is 12.7 Å². The zero-order chi connectivity index (χ0) is 20.4. The van der Waals surface area contributed by atoms with Gasteiger partial charge in [0.15, 0.2) is 0 Å². The Hall–Kier alpha value is -2.32. The van der Waals surface area contributed by atoms with Gasteiger partial charge in [-0.2, -0.15) is 13.2 Å². The number of esters is 1. The smallest absolute Gasteiger partial charge is 0.433 e. The standard InChI is InChI=1S/C18H18F5NO3/c1-3-4-10(8-25)12-11(7-9-5-6-9)13(17(26)27-2)14(16(19)20)24-15(12)18(21,22)23/h3,8-10,16H,1,4-7H2,2H3. The summed E-state index contributed by atoms with van der Waals surface area (Å²) in [4.78, 5) is 26.7. The topological polar surface area (TPSA) is 56.3 Å². The van der Waals surface area contributed by atoms with Crippen LogP contribution < -0.4 is 0 Å². The Bertz CT molecular complexity index is 741. The van der Waals surface area contributed by atoms with Gasteiger partial charge in [0, 0.05) is 5.92 Å². The maximum absolute atomic E-state index is 13.6. The second-order valence-corrected chi connectivity index (χ2v) is 6.32. The van der Waals surface area contributed by atoms with Crippen molar-refractivity contribution in [2.75, 3.05) is 7.11 Å². The lowest BCUT2D eigenvalue weighted by atomic mass is 9.85. The number of carbonyl (C=O) groups excluding carboxylic acids is 2. The molecule has 1 aliphatic carbocycles. The predicted octanol–water partition coefficient (Wildman–Crippen LogP) is 4.64. The van der Waals surface area contributed by atoms with Crippen molar-refractivity contribution in [2.45, 2.75) is 44.2 Å². The molecule has 9 heteroatoms. The molecule has 1 aromatic rings. The number of rotatable bonds is 8. The number of aldehydes is 1. The van der Waals surface area contributed by atoms with Gasteiger partial charge in [-0.25, -0.2) is 18.6 Å². The molecule has 0 bridgehead atoms. The summed E-state index contributed by atoms with van der Waals surface area (Å²) in [7, 11) is 0.941. The first kappa shape index (κ1) is 21.0. The number of ether oxygens (including phenoxy) is 1. The quantitative estimate of drug-likeness (QED) is 0.281. The summed E-state index contributed by atoms with van der Waals surface area (Å²) in [5.74, 6) is -2.56. The van der Waals surface area contributed by atoms with Crippen LogP contribution in [0.4, 0.5) is 22.0 Å². The highest BCUT2D eigenvalue weighted by molar-refractivity contribution is 5.93. The summed E-state index contributed by atoms with van der Waals surface area (Å²) in [5.41, 5.74) is -4.31. The Morgan fingerprint density at radius 1 is 1.37 bits per heavy atom. The lowest BCUT2D eigenvalue weighted by Gasteiger charge is -2.24. The number of hydrogen-bond acceptors (Lipinski definition) is 4. The lowest BCUT2D eigenvalue weighted by molar-refractivity contribution is -0.142. The van der Waals surface area contributed by atoms with E-state index in [9.17, 15) is 31.5 Å². The first-order valence-electron chi connectivity index (χ1n) is 8.22. The predicted molar refractivity (Wildman–Crippen MR) is 85.6 cm³/mol. The van der Waals surface area contributed by atoms with Gasteiger partial charge >= 0.3 is 12.1 Å². The molecular weight excluding hydrogens is 373 g/mol. The van der Waals surface area contributed by atoms with E-state index in [1.807, 2.05) is 0 Å². The number of hydrogen-bond donors (Lipinski definition) is 0. The molecule has 27 heavy (non-hydrogen) atoms. The van der Waals surface area contributed by atoms with Crippen molar-refractivity contribution in [2.24, 2.45) is 5.92 Å². The van der Waals surface area contributed by atoms with E-state index in [1.54, 1.807) is 0 Å². The first-order valence-corrected chi connectivity index (χ1v) is 8.22. The number of aromatic nitrogens is 1. The molecule has 1 heterocycles. The third kappa shape index (κ3) is 4.51. The van der Waals surface area contributed by atoms with Gasteiger partial charge in [-0.15, -0.1) is 6.58 Å². The molecule has 0 amide bonds. The molecule has 0 aliphatic heterocycles. The van der Waals surface area contributed by atoms with Crippen LogP contribution in [-0.2, 0) is 22.1 Å². The first-order chi connectivity index (χ1) is 12.6. The second-order valence-electron chi connectivity index (χ2n) is 6.32. The normalized spacial score (nSPS) is 15.5. The van der Waals surface area contributed by atoms with Crippen molar-refractivity contribution in [1.82, 2.24) is 4.98 Å². The van der Waals surface area contributed by atoms with E-state index in [0.29, 0.717) is 12.8 Å². The van der Waals surface area contributed by atoms with Crippen molar-refractivity contribution in [3.63, 3.8) is 0 Å². The fourth-order valence-corrected chi connectivity index (χ4v) is 3.02. The molecule has 0 saturated heterocycles. The molecular formula is C18H18F5NO3. The van der Waals surface area contributed by atoms with Gasteiger partial charge in [-0.05, 0) is 42.7 Å². The van der Waals surface area contributed by atoms with Crippen LogP contribution in [0.1, 0.15) is 64.5 Å². The molecule has 1 atom stereocenters. The summed E-state index contributed by atoms with van der Waals surface area (Å²) in [5, 5.41) is 0. The number of carbonyl (C=O) groups is 2. The number of nitrogens with zero attached hydrogens (tertiary/aromatic N) is 1. The summed E-state index contributed by atoms with van der Waals surface area (Å²) in [6.45, 7) is 3.42. The van der Waals surface area contributed by atoms with E-state index >= 15 is 0 Å². The van der Waals surface area contributed by atoms with Crippen molar-refractivity contribution >= 4 is 12.3 Å². The zero-order valence-electron chi connectivity index (χ0n) is 14.5. The Morgan fingerprint density at radius 3 is 2.41 bits per heavy atom. The minimum atomic E-state index is -5.08. The highest BCUT2D eigenvalue weighted by atomic mass is 19.4. The number of pyridine rings is 1. The number of allylic oxidation sites excluding steroid dienone is 1. The lowest BCUT2D eigenvalue weighted by Crippen LogP contribution is -2.24. The highest BCUT2D eigenvalue weighted by Crippen LogP contribution is 2.43. The van der Waals surface area contributed by atoms with Crippen LogP contribution in [0.15, 0.2) is 12.7 Å². The van der Waals surface area contributed by atoms with E-state index in [0.717, 1.165) is 7.11 Å². The van der Waals surface area contributed by atoms with Gasteiger partial charge in [-0.1, -0.05) is 6.08 Å². The molecule has 0 radical (unpaired) electrons. The minimum Gasteiger partial charge on any atom is -0.465 e. The Morgan fingerprint density at radius 2 is 2.00 bits per heavy atom. The fraction of sp³-hybridized carbons (Fsp3) is 0.500. The van der Waals surface area contributed by atoms with Crippen LogP contribution in [0, 0.1) is 5.92 Å². The van der Waals surface area contributed by atoms with Gasteiger partial charge in [-0.3, -0.25) is 0 Å². The summed E-state index contributed by atoms with van der Waals surface area (Å²) in [6.07, 6.45) is -5.75. The molecule has 1 unspecified atom stereocenters. The van der Waals surface area contributed by atoms with E-state index in [2.05, 4.69) is 16.3 Å². The molecule has 148 valence electrons. The Balaban J connectivity index is 2.92. The molecule has 0 N–H and O–H groups in total. The van der Waals surface area contributed by atoms with Crippen LogP contribution >= 0.6 is 0 Å². The monoisotopic (exact) mass is 391 g/mol. The van der Waals surface area contributed by atoms with Gasteiger partial charge in [0.2, 0.25) is 0 Å². The van der Waals surface area contributed by atoms with Crippen LogP contribution in [0.2, 0.25) is 0 Å². The van der Waals surface area contributed by atoms with E-state index in [-0.39, 0.29) is 30.6 Å². The fourth-order valence-electron chi connectivity index (χ4n) is 3.02. The average Bonchev–Trinajstić information content (AvgIpc) is 3.41. The molecule has 2 rings (SSSR count). The second kappa shape index (κ2) is 8.14. The van der Waals surface area contributed by atoms with Gasteiger partial charge in [0.25, 0.3) is 6.43 Å². The van der Waals surface area contributed by atoms with Crippen molar-refractivity contribution < 1.29 is 36.3 Å². The molecule has 0 aromatic carbocycles. The highest BCUT2D eigenvalue weighted by Gasteiger charge is 2.43. The van der Waals surface area contributed by atoms with Crippen molar-refractivity contribution in [3.8, 4) is 0 Å². The van der Waals surface area contributed by atoms with Crippen molar-refractivity contribution in [3.05, 3.63) is 40.7 Å². The molecule has 1 saturated carbocycles. The number of halogens is 5. The van der Waals surface area contributed by atoms with E-state index < -0.39 is 47.0 Å². The van der Waals surface area contributed by atoms with E-state index in [4.69, 9.17) is 0 Å². The zero-order valence-corrected chi connectivity index (χ0v) is 14.5. The molecule has 1 aliphatic rings. The Labute approximate surface area is 152 Å². The Kier molecular flexibility index (Phi) is 6.33. The van der Waals surface area contributed by atoms with E-state index in [1.165, 1.54) is 6.08 Å². The van der Waals surface area contributed by atoms with Gasteiger partial charge in [0.1, 0.15) is 17.7 Å².